The van der Waals surface area contributed by atoms with Gasteiger partial charge >= 0.3 is 0 Å². The lowest BCUT2D eigenvalue weighted by atomic mass is 10.2. The Morgan fingerprint density at radius 2 is 1.94 bits per heavy atom. The minimum absolute atomic E-state index is 0.0922. The van der Waals surface area contributed by atoms with E-state index in [-0.39, 0.29) is 27.1 Å². The second-order valence-electron chi connectivity index (χ2n) is 3.27. The van der Waals surface area contributed by atoms with Gasteiger partial charge in [0.25, 0.3) is 0 Å². The lowest BCUT2D eigenvalue weighted by molar-refractivity contribution is 0.628. The molecule has 7 heteroatoms. The number of aromatic nitrogens is 2. The number of anilines is 2. The second kappa shape index (κ2) is 5.17. The fourth-order valence-electron chi connectivity index (χ4n) is 1.29. The van der Waals surface area contributed by atoms with Crippen molar-refractivity contribution in [1.29, 1.82) is 5.26 Å². The molecule has 1 aromatic carbocycles. The van der Waals surface area contributed by atoms with Crippen molar-refractivity contribution < 1.29 is 4.39 Å². The first-order chi connectivity index (χ1) is 8.61. The van der Waals surface area contributed by atoms with Gasteiger partial charge in [-0.3, -0.25) is 0 Å². The Bertz CT molecular complexity index is 616. The maximum Gasteiger partial charge on any atom is 0.171 e. The molecule has 0 unspecified atom stereocenters. The number of nitriles is 1. The lowest BCUT2D eigenvalue weighted by Crippen LogP contribution is -2.00. The van der Waals surface area contributed by atoms with Crippen LogP contribution in [0.15, 0.2) is 24.4 Å². The van der Waals surface area contributed by atoms with E-state index in [1.165, 1.54) is 12.3 Å². The minimum atomic E-state index is -0.546. The second-order valence-corrected chi connectivity index (χ2v) is 4.09. The van der Waals surface area contributed by atoms with E-state index >= 15 is 0 Å². The summed E-state index contributed by atoms with van der Waals surface area (Å²) in [6, 6.07) is 5.65. The quantitative estimate of drug-likeness (QED) is 0.915. The monoisotopic (exact) mass is 282 g/mol. The van der Waals surface area contributed by atoms with Gasteiger partial charge in [-0.1, -0.05) is 23.2 Å². The van der Waals surface area contributed by atoms with E-state index in [4.69, 9.17) is 28.5 Å². The van der Waals surface area contributed by atoms with Gasteiger partial charge in [-0.2, -0.15) is 10.4 Å². The molecule has 0 aliphatic carbocycles. The highest BCUT2D eigenvalue weighted by atomic mass is 35.5. The zero-order chi connectivity index (χ0) is 13.1. The molecule has 0 amide bonds. The smallest absolute Gasteiger partial charge is 0.171 e. The highest BCUT2D eigenvalue weighted by molar-refractivity contribution is 6.39. The molecular formula is C11H5Cl2FN4. The number of halogens is 3. The summed E-state index contributed by atoms with van der Waals surface area (Å²) in [5.74, 6) is -0.342. The number of nitrogens with zero attached hydrogens (tertiary/aromatic N) is 3. The van der Waals surface area contributed by atoms with E-state index < -0.39 is 5.82 Å². The van der Waals surface area contributed by atoms with Gasteiger partial charge in [-0.25, -0.2) is 4.39 Å². The Balaban J connectivity index is 2.44. The third-order valence-electron chi connectivity index (χ3n) is 2.09. The summed E-state index contributed by atoms with van der Waals surface area (Å²) in [7, 11) is 0. The number of benzene rings is 1. The van der Waals surface area contributed by atoms with Gasteiger partial charge in [0.15, 0.2) is 5.82 Å². The minimum Gasteiger partial charge on any atom is -0.335 e. The van der Waals surface area contributed by atoms with Crippen molar-refractivity contribution in [3.05, 3.63) is 45.8 Å². The normalized spacial score (nSPS) is 9.89. The van der Waals surface area contributed by atoms with E-state index in [1.54, 1.807) is 0 Å². The number of hydrogen-bond donors (Lipinski definition) is 1. The summed E-state index contributed by atoms with van der Waals surface area (Å²) < 4.78 is 13.0. The highest BCUT2D eigenvalue weighted by Crippen LogP contribution is 2.33. The maximum atomic E-state index is 13.0. The van der Waals surface area contributed by atoms with Gasteiger partial charge < -0.3 is 5.32 Å². The zero-order valence-electron chi connectivity index (χ0n) is 8.78. The summed E-state index contributed by atoms with van der Waals surface area (Å²) >= 11 is 11.7. The van der Waals surface area contributed by atoms with Crippen molar-refractivity contribution >= 4 is 34.7 Å². The standard InChI is InChI=1S/C11H5Cl2FN4/c12-8-3-7(14)4-9(13)10(8)17-11-6(5-15)1-2-16-18-11/h1-4H,(H,17,18). The van der Waals surface area contributed by atoms with Crippen LogP contribution in [-0.2, 0) is 0 Å². The molecule has 18 heavy (non-hydrogen) atoms. The van der Waals surface area contributed by atoms with Gasteiger partial charge in [0.2, 0.25) is 0 Å². The van der Waals surface area contributed by atoms with Crippen LogP contribution in [0.2, 0.25) is 10.0 Å². The van der Waals surface area contributed by atoms with E-state index in [0.29, 0.717) is 0 Å². The summed E-state index contributed by atoms with van der Waals surface area (Å²) in [6.07, 6.45) is 1.39. The molecule has 0 fully saturated rings. The third-order valence-corrected chi connectivity index (χ3v) is 2.69. The molecule has 0 bridgehead atoms. The summed E-state index contributed by atoms with van der Waals surface area (Å²) in [6.45, 7) is 0. The van der Waals surface area contributed by atoms with E-state index in [9.17, 15) is 4.39 Å². The van der Waals surface area contributed by atoms with Crippen LogP contribution in [0.25, 0.3) is 0 Å². The van der Waals surface area contributed by atoms with Crippen molar-refractivity contribution in [2.45, 2.75) is 0 Å². The number of rotatable bonds is 2. The molecule has 0 aliphatic heterocycles. The van der Waals surface area contributed by atoms with Crippen LogP contribution in [0.5, 0.6) is 0 Å². The largest absolute Gasteiger partial charge is 0.335 e. The van der Waals surface area contributed by atoms with Crippen LogP contribution in [0.3, 0.4) is 0 Å². The van der Waals surface area contributed by atoms with Crippen molar-refractivity contribution in [3.8, 4) is 6.07 Å². The van der Waals surface area contributed by atoms with Crippen molar-refractivity contribution in [3.63, 3.8) is 0 Å². The van der Waals surface area contributed by atoms with Crippen molar-refractivity contribution in [2.75, 3.05) is 5.32 Å². The molecule has 4 nitrogen and oxygen atoms in total. The molecule has 0 spiro atoms. The predicted molar refractivity (Wildman–Crippen MR) is 66.4 cm³/mol. The van der Waals surface area contributed by atoms with Crippen LogP contribution in [-0.4, -0.2) is 10.2 Å². The molecule has 0 saturated heterocycles. The summed E-state index contributed by atoms with van der Waals surface area (Å²) in [5.41, 5.74) is 0.554. The van der Waals surface area contributed by atoms with Crippen LogP contribution in [0, 0.1) is 17.1 Å². The molecule has 90 valence electrons. The predicted octanol–water partition coefficient (Wildman–Crippen LogP) is 3.54. The van der Waals surface area contributed by atoms with Crippen LogP contribution >= 0.6 is 23.2 Å². The zero-order valence-corrected chi connectivity index (χ0v) is 10.3. The van der Waals surface area contributed by atoms with E-state index in [2.05, 4.69) is 15.5 Å². The Hall–Kier alpha value is -1.90. The Morgan fingerprint density at radius 3 is 2.56 bits per heavy atom. The Labute approximate surface area is 112 Å². The van der Waals surface area contributed by atoms with Gasteiger partial charge in [-0.05, 0) is 18.2 Å². The molecule has 1 heterocycles. The van der Waals surface area contributed by atoms with Gasteiger partial charge in [0.1, 0.15) is 11.9 Å². The van der Waals surface area contributed by atoms with E-state index in [0.717, 1.165) is 12.1 Å². The first-order valence-corrected chi connectivity index (χ1v) is 5.50. The van der Waals surface area contributed by atoms with Gasteiger partial charge in [-0.15, -0.1) is 5.10 Å². The van der Waals surface area contributed by atoms with E-state index in [1.807, 2.05) is 6.07 Å². The SMILES string of the molecule is N#Cc1ccnnc1Nc1c(Cl)cc(F)cc1Cl. The molecule has 2 rings (SSSR count). The van der Waals surface area contributed by atoms with Crippen LogP contribution in [0.1, 0.15) is 5.56 Å². The summed E-state index contributed by atoms with van der Waals surface area (Å²) in [5, 5.41) is 19.2. The highest BCUT2D eigenvalue weighted by Gasteiger charge is 2.11. The van der Waals surface area contributed by atoms with Crippen molar-refractivity contribution in [2.24, 2.45) is 0 Å². The fourth-order valence-corrected chi connectivity index (χ4v) is 1.85. The summed E-state index contributed by atoms with van der Waals surface area (Å²) in [4.78, 5) is 0. The maximum absolute atomic E-state index is 13.0. The molecule has 0 aliphatic rings. The topological polar surface area (TPSA) is 61.6 Å². The third kappa shape index (κ3) is 2.50. The molecule has 0 saturated carbocycles. The first kappa shape index (κ1) is 12.6. The van der Waals surface area contributed by atoms with Crippen LogP contribution < -0.4 is 5.32 Å². The van der Waals surface area contributed by atoms with Crippen molar-refractivity contribution in [1.82, 2.24) is 10.2 Å². The molecule has 2 aromatic rings. The van der Waals surface area contributed by atoms with Gasteiger partial charge in [0, 0.05) is 0 Å². The number of nitrogens with one attached hydrogen (secondary N) is 1. The Morgan fingerprint density at radius 1 is 1.28 bits per heavy atom. The molecule has 1 N–H and O–H groups in total. The lowest BCUT2D eigenvalue weighted by Gasteiger charge is -2.10. The molecular weight excluding hydrogens is 278 g/mol. The van der Waals surface area contributed by atoms with Gasteiger partial charge in [0.05, 0.1) is 27.5 Å². The molecule has 0 atom stereocenters. The van der Waals surface area contributed by atoms with Crippen LogP contribution in [0.4, 0.5) is 15.9 Å². The average Bonchev–Trinajstić information content (AvgIpc) is 2.34. The molecule has 1 aromatic heterocycles. The fraction of sp³-hybridized carbons (Fsp3) is 0. The number of hydrogen-bond acceptors (Lipinski definition) is 4. The average molecular weight is 283 g/mol. The molecule has 0 radical (unpaired) electrons. The first-order valence-electron chi connectivity index (χ1n) is 4.75. The Kier molecular flexibility index (Phi) is 3.60.